The highest BCUT2D eigenvalue weighted by atomic mass is 19.4. The third kappa shape index (κ3) is 9.79. The number of nitrogens with zero attached hydrogens (tertiary/aromatic N) is 2. The van der Waals surface area contributed by atoms with Crippen molar-refractivity contribution in [1.82, 2.24) is 15.3 Å². The lowest BCUT2D eigenvalue weighted by Gasteiger charge is -2.18. The van der Waals surface area contributed by atoms with Crippen LogP contribution in [0.3, 0.4) is 0 Å². The van der Waals surface area contributed by atoms with Crippen LogP contribution in [-0.2, 0) is 11.2 Å². The number of aryl methyl sites for hydroxylation is 2. The van der Waals surface area contributed by atoms with Crippen molar-refractivity contribution in [2.75, 3.05) is 11.9 Å². The Labute approximate surface area is 197 Å². The lowest BCUT2D eigenvalue weighted by molar-refractivity contribution is -0.154. The van der Waals surface area contributed by atoms with E-state index in [4.69, 9.17) is 0 Å². The maximum absolute atomic E-state index is 12.9. The Morgan fingerprint density at radius 2 is 1.74 bits per heavy atom. The SMILES string of the molecule is CC(=O)Nc1cc(C(C)NC(=O)c2ccc(OCC(F)(F)F)nc2CCCC(F)(F)F)cc(C)n1. The van der Waals surface area contributed by atoms with Gasteiger partial charge in [0.05, 0.1) is 17.3 Å². The number of amides is 2. The van der Waals surface area contributed by atoms with Gasteiger partial charge in [-0.1, -0.05) is 0 Å². The van der Waals surface area contributed by atoms with E-state index in [1.54, 1.807) is 26.0 Å². The number of carbonyl (C=O) groups excluding carboxylic acids is 2. The van der Waals surface area contributed by atoms with Gasteiger partial charge in [0, 0.05) is 25.1 Å². The summed E-state index contributed by atoms with van der Waals surface area (Å²) in [6.45, 7) is 3.00. The molecule has 0 fully saturated rings. The molecule has 2 heterocycles. The third-order valence-corrected chi connectivity index (χ3v) is 4.58. The molecular formula is C22H24F6N4O3. The van der Waals surface area contributed by atoms with Gasteiger partial charge in [0.2, 0.25) is 11.8 Å². The topological polar surface area (TPSA) is 93.2 Å². The van der Waals surface area contributed by atoms with Crippen LogP contribution >= 0.6 is 0 Å². The fourth-order valence-corrected chi connectivity index (χ4v) is 3.12. The normalized spacial score (nSPS) is 12.7. The summed E-state index contributed by atoms with van der Waals surface area (Å²) in [5.41, 5.74) is 0.939. The zero-order valence-corrected chi connectivity index (χ0v) is 19.1. The number of nitrogens with one attached hydrogen (secondary N) is 2. The van der Waals surface area contributed by atoms with Crippen LogP contribution in [0.4, 0.5) is 32.2 Å². The van der Waals surface area contributed by atoms with Crippen LogP contribution < -0.4 is 15.4 Å². The molecule has 35 heavy (non-hydrogen) atoms. The van der Waals surface area contributed by atoms with E-state index in [1.165, 1.54) is 6.92 Å². The third-order valence-electron chi connectivity index (χ3n) is 4.58. The molecule has 2 aromatic heterocycles. The van der Waals surface area contributed by atoms with Crippen LogP contribution in [-0.4, -0.2) is 40.7 Å². The van der Waals surface area contributed by atoms with Crippen LogP contribution in [0.25, 0.3) is 0 Å². The van der Waals surface area contributed by atoms with Crippen molar-refractivity contribution in [3.8, 4) is 5.88 Å². The second-order valence-electron chi connectivity index (χ2n) is 7.82. The molecule has 7 nitrogen and oxygen atoms in total. The molecule has 0 aliphatic carbocycles. The fourth-order valence-electron chi connectivity index (χ4n) is 3.12. The van der Waals surface area contributed by atoms with Gasteiger partial charge in [-0.3, -0.25) is 9.59 Å². The lowest BCUT2D eigenvalue weighted by Crippen LogP contribution is -2.28. The molecule has 2 aromatic rings. The van der Waals surface area contributed by atoms with Crippen LogP contribution in [0.15, 0.2) is 24.3 Å². The second kappa shape index (κ2) is 11.4. The Morgan fingerprint density at radius 1 is 1.06 bits per heavy atom. The van der Waals surface area contributed by atoms with Gasteiger partial charge in [-0.15, -0.1) is 0 Å². The van der Waals surface area contributed by atoms with E-state index >= 15 is 0 Å². The zero-order valence-electron chi connectivity index (χ0n) is 19.1. The largest absolute Gasteiger partial charge is 0.468 e. The van der Waals surface area contributed by atoms with Crippen molar-refractivity contribution in [1.29, 1.82) is 0 Å². The number of halogens is 6. The number of hydrogen-bond donors (Lipinski definition) is 2. The predicted molar refractivity (Wildman–Crippen MR) is 114 cm³/mol. The van der Waals surface area contributed by atoms with E-state index in [9.17, 15) is 35.9 Å². The van der Waals surface area contributed by atoms with Crippen LogP contribution in [0.2, 0.25) is 0 Å². The molecular weight excluding hydrogens is 482 g/mol. The van der Waals surface area contributed by atoms with E-state index < -0.39 is 49.6 Å². The molecule has 0 bridgehead atoms. The quantitative estimate of drug-likeness (QED) is 0.464. The Balaban J connectivity index is 2.25. The molecule has 0 aliphatic rings. The average Bonchev–Trinajstić information content (AvgIpc) is 2.70. The molecule has 1 unspecified atom stereocenters. The summed E-state index contributed by atoms with van der Waals surface area (Å²) in [7, 11) is 0. The van der Waals surface area contributed by atoms with Crippen molar-refractivity contribution in [3.63, 3.8) is 0 Å². The van der Waals surface area contributed by atoms with Crippen molar-refractivity contribution in [2.45, 2.75) is 58.4 Å². The maximum Gasteiger partial charge on any atom is 0.422 e. The van der Waals surface area contributed by atoms with E-state index in [2.05, 4.69) is 25.3 Å². The highest BCUT2D eigenvalue weighted by Crippen LogP contribution is 2.25. The van der Waals surface area contributed by atoms with Crippen LogP contribution in [0.1, 0.15) is 60.0 Å². The van der Waals surface area contributed by atoms with Crippen molar-refractivity contribution in [3.05, 3.63) is 46.8 Å². The Hall–Kier alpha value is -3.38. The van der Waals surface area contributed by atoms with E-state index in [-0.39, 0.29) is 29.4 Å². The summed E-state index contributed by atoms with van der Waals surface area (Å²) in [5.74, 6) is -1.22. The van der Waals surface area contributed by atoms with Gasteiger partial charge in [-0.25, -0.2) is 9.97 Å². The van der Waals surface area contributed by atoms with E-state index in [0.29, 0.717) is 11.3 Å². The van der Waals surface area contributed by atoms with Gasteiger partial charge in [-0.2, -0.15) is 26.3 Å². The summed E-state index contributed by atoms with van der Waals surface area (Å²) in [4.78, 5) is 32.2. The van der Waals surface area contributed by atoms with Crippen LogP contribution in [0, 0.1) is 6.92 Å². The van der Waals surface area contributed by atoms with Gasteiger partial charge >= 0.3 is 12.4 Å². The van der Waals surface area contributed by atoms with Crippen molar-refractivity contribution >= 4 is 17.6 Å². The zero-order chi connectivity index (χ0) is 26.4. The predicted octanol–water partition coefficient (Wildman–Crippen LogP) is 5.06. The first-order valence-electron chi connectivity index (χ1n) is 10.5. The minimum atomic E-state index is -4.64. The molecule has 13 heteroatoms. The number of carbonyl (C=O) groups is 2. The maximum atomic E-state index is 12.9. The molecule has 0 radical (unpaired) electrons. The summed E-state index contributed by atoms with van der Waals surface area (Å²) in [6, 6.07) is 4.82. The molecule has 0 saturated carbocycles. The Kier molecular flexibility index (Phi) is 9.05. The van der Waals surface area contributed by atoms with E-state index in [0.717, 1.165) is 12.1 Å². The number of anilines is 1. The first kappa shape index (κ1) is 27.9. The molecule has 2 N–H and O–H groups in total. The molecule has 2 rings (SSSR count). The molecule has 2 amide bonds. The number of alkyl halides is 6. The highest BCUT2D eigenvalue weighted by Gasteiger charge is 2.29. The summed E-state index contributed by atoms with van der Waals surface area (Å²) in [6.07, 6.45) is -10.9. The first-order chi connectivity index (χ1) is 16.1. The number of pyridine rings is 2. The van der Waals surface area contributed by atoms with E-state index in [1.807, 2.05) is 0 Å². The number of rotatable bonds is 9. The standard InChI is InChI=1S/C22H24F6N4O3/c1-12-9-15(10-18(29-12)31-14(3)33)13(2)30-20(34)16-6-7-19(35-11-22(26,27)28)32-17(16)5-4-8-21(23,24)25/h6-7,9-10,13H,4-5,8,11H2,1-3H3,(H,30,34)(H,29,31,33). The molecule has 0 saturated heterocycles. The van der Waals surface area contributed by atoms with Gasteiger partial charge in [0.25, 0.3) is 5.91 Å². The molecule has 0 aromatic carbocycles. The lowest BCUT2D eigenvalue weighted by atomic mass is 10.0. The van der Waals surface area contributed by atoms with Crippen molar-refractivity contribution < 1.29 is 40.7 Å². The van der Waals surface area contributed by atoms with Crippen LogP contribution in [0.5, 0.6) is 5.88 Å². The van der Waals surface area contributed by atoms with Gasteiger partial charge in [-0.05, 0) is 50.5 Å². The van der Waals surface area contributed by atoms with Gasteiger partial charge < -0.3 is 15.4 Å². The minimum Gasteiger partial charge on any atom is -0.468 e. The molecule has 1 atom stereocenters. The number of aromatic nitrogens is 2. The number of ether oxygens (including phenoxy) is 1. The minimum absolute atomic E-state index is 0.0914. The van der Waals surface area contributed by atoms with Gasteiger partial charge in [0.15, 0.2) is 6.61 Å². The smallest absolute Gasteiger partial charge is 0.422 e. The highest BCUT2D eigenvalue weighted by molar-refractivity contribution is 5.95. The van der Waals surface area contributed by atoms with Gasteiger partial charge in [0.1, 0.15) is 5.82 Å². The monoisotopic (exact) mass is 506 g/mol. The Bertz CT molecular complexity index is 1060. The fraction of sp³-hybridized carbons (Fsp3) is 0.455. The number of hydrogen-bond acceptors (Lipinski definition) is 5. The van der Waals surface area contributed by atoms with Crippen molar-refractivity contribution in [2.24, 2.45) is 0 Å². The molecule has 0 spiro atoms. The first-order valence-corrected chi connectivity index (χ1v) is 10.5. The second-order valence-corrected chi connectivity index (χ2v) is 7.82. The summed E-state index contributed by atoms with van der Waals surface area (Å²) in [5, 5.41) is 5.22. The molecule has 192 valence electrons. The summed E-state index contributed by atoms with van der Waals surface area (Å²) < 4.78 is 79.6. The Morgan fingerprint density at radius 3 is 2.34 bits per heavy atom. The average molecular weight is 506 g/mol. The molecule has 0 aliphatic heterocycles. The summed E-state index contributed by atoms with van der Waals surface area (Å²) >= 11 is 0.